The van der Waals surface area contributed by atoms with E-state index in [2.05, 4.69) is 4.98 Å². The number of halogens is 1. The molecule has 3 rings (SSSR count). The van der Waals surface area contributed by atoms with E-state index in [4.69, 9.17) is 28.6 Å². The number of nitrogens with one attached hydrogen (secondary N) is 1. The van der Waals surface area contributed by atoms with E-state index >= 15 is 0 Å². The average Bonchev–Trinajstić information content (AvgIpc) is 2.95. The summed E-state index contributed by atoms with van der Waals surface area (Å²) in [5.41, 5.74) is 0.529. The number of aromatic nitrogens is 1. The van der Waals surface area contributed by atoms with Crippen LogP contribution in [0, 0.1) is 4.64 Å². The van der Waals surface area contributed by atoms with E-state index in [1.165, 1.54) is 0 Å². The van der Waals surface area contributed by atoms with Gasteiger partial charge in [0.2, 0.25) is 0 Å². The summed E-state index contributed by atoms with van der Waals surface area (Å²) in [5, 5.41) is 0.638. The van der Waals surface area contributed by atoms with Gasteiger partial charge in [0.05, 0.1) is 12.1 Å². The summed E-state index contributed by atoms with van der Waals surface area (Å²) in [5.74, 6) is 0.669. The van der Waals surface area contributed by atoms with Gasteiger partial charge in [-0.3, -0.25) is 4.79 Å². The number of pyridine rings is 1. The average molecular weight is 335 g/mol. The molecule has 0 bridgehead atoms. The summed E-state index contributed by atoms with van der Waals surface area (Å²) in [6.07, 6.45) is 2.49. The predicted molar refractivity (Wildman–Crippen MR) is 88.0 cm³/mol. The molecule has 0 saturated carbocycles. The summed E-state index contributed by atoms with van der Waals surface area (Å²) >= 11 is 11.1. The number of nitrogens with zero attached hydrogens (tertiary/aromatic N) is 1. The number of hydrogen-bond donors (Lipinski definition) is 1. The quantitative estimate of drug-likeness (QED) is 0.871. The number of likely N-dealkylation sites (tertiary alicyclic amines) is 1. The van der Waals surface area contributed by atoms with Crippen molar-refractivity contribution in [2.45, 2.75) is 12.5 Å². The molecule has 22 heavy (non-hydrogen) atoms. The van der Waals surface area contributed by atoms with Gasteiger partial charge in [-0.25, -0.2) is 0 Å². The summed E-state index contributed by atoms with van der Waals surface area (Å²) in [6, 6.07) is 10.8. The Morgan fingerprint density at radius 3 is 3.00 bits per heavy atom. The fraction of sp³-hybridized carbons (Fsp3) is 0.250. The van der Waals surface area contributed by atoms with E-state index in [1.54, 1.807) is 35.4 Å². The molecule has 1 fully saturated rings. The Morgan fingerprint density at radius 1 is 1.36 bits per heavy atom. The number of H-pyrrole nitrogens is 1. The highest BCUT2D eigenvalue weighted by molar-refractivity contribution is 7.71. The Morgan fingerprint density at radius 2 is 2.23 bits per heavy atom. The minimum Gasteiger partial charge on any atom is -0.488 e. The van der Waals surface area contributed by atoms with Gasteiger partial charge in [0.25, 0.3) is 5.91 Å². The van der Waals surface area contributed by atoms with Gasteiger partial charge in [-0.15, -0.1) is 0 Å². The lowest BCUT2D eigenvalue weighted by Crippen LogP contribution is -2.31. The van der Waals surface area contributed by atoms with E-state index in [9.17, 15) is 4.79 Å². The first-order valence-electron chi connectivity index (χ1n) is 7.02. The minimum atomic E-state index is -0.0564. The van der Waals surface area contributed by atoms with Gasteiger partial charge >= 0.3 is 0 Å². The molecular weight excluding hydrogens is 320 g/mol. The Kier molecular flexibility index (Phi) is 4.45. The number of carbonyl (C=O) groups is 1. The second-order valence-electron chi connectivity index (χ2n) is 5.15. The standard InChI is InChI=1S/C16H15ClN2O2S/c17-11-3-1-4-12(9-11)21-13-6-8-19(10-13)16(20)14-5-2-7-18-15(14)22/h1-5,7,9,13H,6,8,10H2,(H,18,22). The van der Waals surface area contributed by atoms with Crippen LogP contribution in [0.5, 0.6) is 5.75 Å². The highest BCUT2D eigenvalue weighted by Gasteiger charge is 2.28. The Bertz CT molecular complexity index is 747. The van der Waals surface area contributed by atoms with Gasteiger partial charge in [0.1, 0.15) is 16.5 Å². The third-order valence-corrected chi connectivity index (χ3v) is 4.15. The second kappa shape index (κ2) is 6.50. The van der Waals surface area contributed by atoms with Crippen LogP contribution in [0.2, 0.25) is 5.02 Å². The van der Waals surface area contributed by atoms with Gasteiger partial charge in [-0.2, -0.15) is 0 Å². The topological polar surface area (TPSA) is 45.3 Å². The molecule has 4 nitrogen and oxygen atoms in total. The van der Waals surface area contributed by atoms with Gasteiger partial charge in [0.15, 0.2) is 0 Å². The van der Waals surface area contributed by atoms with Crippen molar-refractivity contribution in [1.82, 2.24) is 9.88 Å². The molecule has 2 heterocycles. The van der Waals surface area contributed by atoms with Crippen LogP contribution in [0.3, 0.4) is 0 Å². The molecule has 6 heteroatoms. The number of benzene rings is 1. The molecule has 0 radical (unpaired) electrons. The molecule has 1 saturated heterocycles. The van der Waals surface area contributed by atoms with Crippen molar-refractivity contribution in [2.75, 3.05) is 13.1 Å². The number of aromatic amines is 1. The molecule has 114 valence electrons. The van der Waals surface area contributed by atoms with Crippen molar-refractivity contribution < 1.29 is 9.53 Å². The van der Waals surface area contributed by atoms with E-state index < -0.39 is 0 Å². The van der Waals surface area contributed by atoms with E-state index in [-0.39, 0.29) is 12.0 Å². The van der Waals surface area contributed by atoms with Crippen LogP contribution in [-0.4, -0.2) is 35.0 Å². The van der Waals surface area contributed by atoms with Crippen LogP contribution < -0.4 is 4.74 Å². The number of hydrogen-bond acceptors (Lipinski definition) is 3. The molecule has 2 aromatic rings. The highest BCUT2D eigenvalue weighted by Crippen LogP contribution is 2.22. The SMILES string of the molecule is O=C(c1ccc[nH]c1=S)N1CCC(Oc2cccc(Cl)c2)C1. The molecule has 1 N–H and O–H groups in total. The van der Waals surface area contributed by atoms with Gasteiger partial charge in [-0.05, 0) is 30.3 Å². The zero-order valence-electron chi connectivity index (χ0n) is 11.8. The van der Waals surface area contributed by atoms with Crippen LogP contribution in [-0.2, 0) is 0 Å². The van der Waals surface area contributed by atoms with Crippen molar-refractivity contribution in [3.8, 4) is 5.75 Å². The summed E-state index contributed by atoms with van der Waals surface area (Å²) < 4.78 is 6.36. The molecule has 1 aromatic heterocycles. The zero-order chi connectivity index (χ0) is 15.5. The minimum absolute atomic E-state index is 0.0244. The maximum Gasteiger partial charge on any atom is 0.256 e. The third-order valence-electron chi connectivity index (χ3n) is 3.58. The largest absolute Gasteiger partial charge is 0.488 e. The Hall–Kier alpha value is -1.85. The van der Waals surface area contributed by atoms with Crippen molar-refractivity contribution in [1.29, 1.82) is 0 Å². The normalized spacial score (nSPS) is 17.5. The number of ether oxygens (including phenoxy) is 1. The molecule has 1 unspecified atom stereocenters. The van der Waals surface area contributed by atoms with Crippen LogP contribution in [0.1, 0.15) is 16.8 Å². The summed E-state index contributed by atoms with van der Waals surface area (Å²) in [7, 11) is 0. The highest BCUT2D eigenvalue weighted by atomic mass is 35.5. The maximum absolute atomic E-state index is 12.5. The van der Waals surface area contributed by atoms with Gasteiger partial charge < -0.3 is 14.6 Å². The lowest BCUT2D eigenvalue weighted by atomic mass is 10.2. The summed E-state index contributed by atoms with van der Waals surface area (Å²) in [6.45, 7) is 1.21. The third kappa shape index (κ3) is 3.31. The zero-order valence-corrected chi connectivity index (χ0v) is 13.4. The fourth-order valence-corrected chi connectivity index (χ4v) is 2.91. The molecule has 1 amide bonds. The van der Waals surface area contributed by atoms with Gasteiger partial charge in [0, 0.05) is 24.2 Å². The first kappa shape index (κ1) is 15.1. The number of carbonyl (C=O) groups excluding carboxylic acids is 1. The van der Waals surface area contributed by atoms with Crippen LogP contribution >= 0.6 is 23.8 Å². The maximum atomic E-state index is 12.5. The van der Waals surface area contributed by atoms with Crippen LogP contribution in [0.25, 0.3) is 0 Å². The first-order valence-corrected chi connectivity index (χ1v) is 7.81. The monoisotopic (exact) mass is 334 g/mol. The fourth-order valence-electron chi connectivity index (χ4n) is 2.50. The molecule has 1 aromatic carbocycles. The van der Waals surface area contributed by atoms with Crippen molar-refractivity contribution in [3.63, 3.8) is 0 Å². The molecule has 0 aliphatic carbocycles. The summed E-state index contributed by atoms with van der Waals surface area (Å²) in [4.78, 5) is 17.1. The number of amides is 1. The molecule has 1 atom stereocenters. The lowest BCUT2D eigenvalue weighted by molar-refractivity contribution is 0.0771. The van der Waals surface area contributed by atoms with Crippen LogP contribution in [0.4, 0.5) is 0 Å². The molecule has 1 aliphatic heterocycles. The van der Waals surface area contributed by atoms with E-state index in [0.29, 0.717) is 28.3 Å². The Labute approximate surface area is 138 Å². The van der Waals surface area contributed by atoms with E-state index in [1.807, 2.05) is 12.1 Å². The van der Waals surface area contributed by atoms with Crippen LogP contribution in [0.15, 0.2) is 42.6 Å². The molecule has 0 spiro atoms. The van der Waals surface area contributed by atoms with Crippen molar-refractivity contribution >= 4 is 29.7 Å². The number of rotatable bonds is 3. The Balaban J connectivity index is 1.66. The van der Waals surface area contributed by atoms with Crippen molar-refractivity contribution in [2.24, 2.45) is 0 Å². The predicted octanol–water partition coefficient (Wildman–Crippen LogP) is 3.69. The first-order chi connectivity index (χ1) is 10.6. The van der Waals surface area contributed by atoms with E-state index in [0.717, 1.165) is 12.2 Å². The smallest absolute Gasteiger partial charge is 0.256 e. The van der Waals surface area contributed by atoms with Gasteiger partial charge in [-0.1, -0.05) is 29.9 Å². The lowest BCUT2D eigenvalue weighted by Gasteiger charge is -2.17. The molecular formula is C16H15ClN2O2S. The van der Waals surface area contributed by atoms with Crippen molar-refractivity contribution in [3.05, 3.63) is 57.8 Å². The molecule has 1 aliphatic rings. The second-order valence-corrected chi connectivity index (χ2v) is 5.99.